The molecule has 0 bridgehead atoms. The Hall–Kier alpha value is -1.04. The Morgan fingerprint density at radius 2 is 1.95 bits per heavy atom. The van der Waals surface area contributed by atoms with Crippen LogP contribution in [0.4, 0.5) is 8.78 Å². The molecule has 0 spiro atoms. The fourth-order valence-electron chi connectivity index (χ4n) is 3.02. The van der Waals surface area contributed by atoms with Gasteiger partial charge in [0, 0.05) is 12.7 Å². The number of hydrazine groups is 1. The zero-order valence-electron chi connectivity index (χ0n) is 11.1. The molecule has 1 aliphatic rings. The van der Waals surface area contributed by atoms with Gasteiger partial charge in [0.25, 0.3) is 0 Å². The van der Waals surface area contributed by atoms with Gasteiger partial charge < -0.3 is 4.74 Å². The van der Waals surface area contributed by atoms with E-state index in [1.54, 1.807) is 7.11 Å². The Bertz CT molecular complexity index is 433. The van der Waals surface area contributed by atoms with Crippen LogP contribution in [-0.2, 0) is 4.74 Å². The van der Waals surface area contributed by atoms with Gasteiger partial charge in [0.1, 0.15) is 11.6 Å². The average Bonchev–Trinajstić information content (AvgIpc) is 2.44. The van der Waals surface area contributed by atoms with Crippen LogP contribution in [0.25, 0.3) is 0 Å². The smallest absolute Gasteiger partial charge is 0.128 e. The van der Waals surface area contributed by atoms with Gasteiger partial charge in [0.05, 0.1) is 11.6 Å². The van der Waals surface area contributed by atoms with Crippen LogP contribution in [0.2, 0.25) is 0 Å². The lowest BCUT2D eigenvalue weighted by Crippen LogP contribution is -2.49. The fraction of sp³-hybridized carbons (Fsp3) is 0.571. The van der Waals surface area contributed by atoms with Gasteiger partial charge in [-0.25, -0.2) is 14.2 Å². The summed E-state index contributed by atoms with van der Waals surface area (Å²) in [7, 11) is 1.60. The maximum atomic E-state index is 14.0. The van der Waals surface area contributed by atoms with Crippen LogP contribution < -0.4 is 11.3 Å². The summed E-state index contributed by atoms with van der Waals surface area (Å²) in [5, 5.41) is 0. The second kappa shape index (κ2) is 5.94. The molecule has 0 aliphatic heterocycles. The van der Waals surface area contributed by atoms with Crippen molar-refractivity contribution >= 4 is 0 Å². The molecule has 0 amide bonds. The first kappa shape index (κ1) is 14.4. The molecule has 0 aromatic heterocycles. The second-order valence-electron chi connectivity index (χ2n) is 5.10. The van der Waals surface area contributed by atoms with E-state index in [-0.39, 0.29) is 5.56 Å². The van der Waals surface area contributed by atoms with Crippen LogP contribution in [0.5, 0.6) is 0 Å². The normalized spacial score (nSPS) is 20.2. The summed E-state index contributed by atoms with van der Waals surface area (Å²) in [5.41, 5.74) is 2.28. The van der Waals surface area contributed by atoms with Gasteiger partial charge in [-0.2, -0.15) is 0 Å². The quantitative estimate of drug-likeness (QED) is 0.653. The predicted molar refractivity (Wildman–Crippen MR) is 69.2 cm³/mol. The van der Waals surface area contributed by atoms with Gasteiger partial charge in [-0.1, -0.05) is 19.3 Å². The Morgan fingerprint density at radius 1 is 1.26 bits per heavy atom. The SMILES string of the molecule is COC1(C(NN)c2cc(F)ccc2F)CCCCC1. The summed E-state index contributed by atoms with van der Waals surface area (Å²) >= 11 is 0. The van der Waals surface area contributed by atoms with E-state index in [1.165, 1.54) is 6.07 Å². The zero-order chi connectivity index (χ0) is 13.9. The Kier molecular flexibility index (Phi) is 4.50. The van der Waals surface area contributed by atoms with Gasteiger partial charge in [-0.3, -0.25) is 5.84 Å². The second-order valence-corrected chi connectivity index (χ2v) is 5.10. The lowest BCUT2D eigenvalue weighted by atomic mass is 9.76. The molecular weight excluding hydrogens is 250 g/mol. The summed E-state index contributed by atoms with van der Waals surface area (Å²) in [6.07, 6.45) is 4.71. The van der Waals surface area contributed by atoms with Crippen molar-refractivity contribution in [1.29, 1.82) is 0 Å². The van der Waals surface area contributed by atoms with Crippen molar-refractivity contribution < 1.29 is 13.5 Å². The molecule has 1 fully saturated rings. The number of nitrogens with one attached hydrogen (secondary N) is 1. The van der Waals surface area contributed by atoms with Crippen LogP contribution in [0.15, 0.2) is 18.2 Å². The average molecular weight is 270 g/mol. The van der Waals surface area contributed by atoms with Crippen LogP contribution in [0.3, 0.4) is 0 Å². The van der Waals surface area contributed by atoms with E-state index in [0.717, 1.165) is 44.2 Å². The topological polar surface area (TPSA) is 47.3 Å². The molecule has 5 heteroatoms. The number of halogens is 2. The largest absolute Gasteiger partial charge is 0.376 e. The molecule has 106 valence electrons. The third kappa shape index (κ3) is 2.78. The number of hydrogen-bond donors (Lipinski definition) is 2. The molecule has 0 saturated heterocycles. The van der Waals surface area contributed by atoms with E-state index in [4.69, 9.17) is 10.6 Å². The van der Waals surface area contributed by atoms with Gasteiger partial charge in [-0.05, 0) is 31.0 Å². The standard InChI is InChI=1S/C14H20F2N2O/c1-19-14(7-3-2-4-8-14)13(18-17)11-9-10(15)5-6-12(11)16/h5-6,9,13,18H,2-4,7-8,17H2,1H3. The lowest BCUT2D eigenvalue weighted by molar-refractivity contribution is -0.0696. The van der Waals surface area contributed by atoms with Crippen molar-refractivity contribution in [3.8, 4) is 0 Å². The van der Waals surface area contributed by atoms with E-state index in [1.807, 2.05) is 0 Å². The Balaban J connectivity index is 2.39. The molecule has 1 atom stereocenters. The highest BCUT2D eigenvalue weighted by Crippen LogP contribution is 2.41. The van der Waals surface area contributed by atoms with Gasteiger partial charge >= 0.3 is 0 Å². The molecule has 1 unspecified atom stereocenters. The molecule has 1 saturated carbocycles. The summed E-state index contributed by atoms with van der Waals surface area (Å²) in [5.74, 6) is 4.66. The molecule has 1 aliphatic carbocycles. The molecular formula is C14H20F2N2O. The molecule has 1 aromatic rings. The molecule has 1 aromatic carbocycles. The molecule has 3 nitrogen and oxygen atoms in total. The Labute approximate surface area is 112 Å². The lowest BCUT2D eigenvalue weighted by Gasteiger charge is -2.42. The Morgan fingerprint density at radius 3 is 2.53 bits per heavy atom. The molecule has 3 N–H and O–H groups in total. The number of ether oxygens (including phenoxy) is 1. The molecule has 0 heterocycles. The van der Waals surface area contributed by atoms with Gasteiger partial charge in [0.15, 0.2) is 0 Å². The van der Waals surface area contributed by atoms with Crippen molar-refractivity contribution in [1.82, 2.24) is 5.43 Å². The first-order chi connectivity index (χ1) is 9.13. The van der Waals surface area contributed by atoms with Gasteiger partial charge in [0.2, 0.25) is 0 Å². The van der Waals surface area contributed by atoms with Crippen molar-refractivity contribution in [3.05, 3.63) is 35.4 Å². The number of benzene rings is 1. The molecule has 19 heavy (non-hydrogen) atoms. The first-order valence-corrected chi connectivity index (χ1v) is 6.59. The minimum atomic E-state index is -0.568. The fourth-order valence-corrected chi connectivity index (χ4v) is 3.02. The third-order valence-electron chi connectivity index (χ3n) is 4.07. The number of nitrogens with two attached hydrogens (primary N) is 1. The minimum absolute atomic E-state index is 0.228. The minimum Gasteiger partial charge on any atom is -0.376 e. The van der Waals surface area contributed by atoms with E-state index < -0.39 is 23.3 Å². The van der Waals surface area contributed by atoms with Crippen molar-refractivity contribution in [2.75, 3.05) is 7.11 Å². The van der Waals surface area contributed by atoms with E-state index in [0.29, 0.717) is 0 Å². The summed E-state index contributed by atoms with van der Waals surface area (Å²) < 4.78 is 33.0. The summed E-state index contributed by atoms with van der Waals surface area (Å²) in [6.45, 7) is 0. The highest BCUT2D eigenvalue weighted by molar-refractivity contribution is 5.25. The number of rotatable bonds is 4. The van der Waals surface area contributed by atoms with Crippen molar-refractivity contribution in [2.24, 2.45) is 5.84 Å². The zero-order valence-corrected chi connectivity index (χ0v) is 11.1. The number of methoxy groups -OCH3 is 1. The van der Waals surface area contributed by atoms with E-state index in [2.05, 4.69) is 5.43 Å². The summed E-state index contributed by atoms with van der Waals surface area (Å²) in [6, 6.07) is 2.87. The van der Waals surface area contributed by atoms with E-state index in [9.17, 15) is 8.78 Å². The van der Waals surface area contributed by atoms with Crippen LogP contribution in [0.1, 0.15) is 43.7 Å². The summed E-state index contributed by atoms with van der Waals surface area (Å²) in [4.78, 5) is 0. The van der Waals surface area contributed by atoms with Crippen molar-refractivity contribution in [3.63, 3.8) is 0 Å². The molecule has 0 radical (unpaired) electrons. The molecule has 2 rings (SSSR count). The van der Waals surface area contributed by atoms with Crippen molar-refractivity contribution in [2.45, 2.75) is 43.7 Å². The predicted octanol–water partition coefficient (Wildman–Crippen LogP) is 2.82. The van der Waals surface area contributed by atoms with E-state index >= 15 is 0 Å². The van der Waals surface area contributed by atoms with Crippen LogP contribution in [-0.4, -0.2) is 12.7 Å². The maximum Gasteiger partial charge on any atom is 0.128 e. The first-order valence-electron chi connectivity index (χ1n) is 6.59. The van der Waals surface area contributed by atoms with Crippen LogP contribution in [0, 0.1) is 11.6 Å². The number of hydrogen-bond acceptors (Lipinski definition) is 3. The van der Waals surface area contributed by atoms with Gasteiger partial charge in [-0.15, -0.1) is 0 Å². The van der Waals surface area contributed by atoms with Crippen LogP contribution >= 0.6 is 0 Å². The highest BCUT2D eigenvalue weighted by Gasteiger charge is 2.41. The highest BCUT2D eigenvalue weighted by atomic mass is 19.1. The maximum absolute atomic E-state index is 14.0. The monoisotopic (exact) mass is 270 g/mol. The third-order valence-corrected chi connectivity index (χ3v) is 4.07.